The van der Waals surface area contributed by atoms with Crippen LogP contribution in [-0.4, -0.2) is 20.6 Å². The van der Waals surface area contributed by atoms with Crippen molar-refractivity contribution in [2.24, 2.45) is 0 Å². The number of nitro groups is 1. The van der Waals surface area contributed by atoms with E-state index in [9.17, 15) is 19.3 Å². The third kappa shape index (κ3) is 3.74. The standard InChI is InChI=1S/C20H13FN4O4/c21-13-6-8-14(9-7-13)22-20(26)18-12-17(19-5-2-10-29-19)23-24(18)15-3-1-4-16(11-15)25(27)28/h1-12H,(H,22,26). The molecule has 4 aromatic rings. The number of nitrogens with zero attached hydrogens (tertiary/aromatic N) is 3. The Bertz CT molecular complexity index is 1180. The lowest BCUT2D eigenvalue weighted by Gasteiger charge is -2.08. The van der Waals surface area contributed by atoms with Gasteiger partial charge in [-0.05, 0) is 42.5 Å². The summed E-state index contributed by atoms with van der Waals surface area (Å²) < 4.78 is 19.7. The average molecular weight is 392 g/mol. The quantitative estimate of drug-likeness (QED) is 0.400. The number of carbonyl (C=O) groups is 1. The minimum absolute atomic E-state index is 0.126. The molecule has 0 unspecified atom stereocenters. The van der Waals surface area contributed by atoms with Gasteiger partial charge in [-0.15, -0.1) is 0 Å². The van der Waals surface area contributed by atoms with Crippen molar-refractivity contribution in [3.63, 3.8) is 0 Å². The lowest BCUT2D eigenvalue weighted by atomic mass is 10.2. The first-order chi connectivity index (χ1) is 14.0. The van der Waals surface area contributed by atoms with E-state index in [1.165, 1.54) is 59.5 Å². The van der Waals surface area contributed by atoms with Gasteiger partial charge >= 0.3 is 0 Å². The summed E-state index contributed by atoms with van der Waals surface area (Å²) in [6.45, 7) is 0. The zero-order valence-electron chi connectivity index (χ0n) is 14.8. The summed E-state index contributed by atoms with van der Waals surface area (Å²) in [5, 5.41) is 18.2. The fourth-order valence-corrected chi connectivity index (χ4v) is 2.75. The number of anilines is 1. The van der Waals surface area contributed by atoms with Gasteiger partial charge in [0.05, 0.1) is 16.9 Å². The van der Waals surface area contributed by atoms with E-state index in [0.29, 0.717) is 22.8 Å². The number of hydrogen-bond acceptors (Lipinski definition) is 5. The van der Waals surface area contributed by atoms with Crippen LogP contribution in [0.2, 0.25) is 0 Å². The molecule has 0 spiro atoms. The van der Waals surface area contributed by atoms with Gasteiger partial charge in [-0.3, -0.25) is 14.9 Å². The molecule has 8 nitrogen and oxygen atoms in total. The molecule has 1 N–H and O–H groups in total. The predicted octanol–water partition coefficient (Wildman–Crippen LogP) is 4.43. The van der Waals surface area contributed by atoms with E-state index in [1.54, 1.807) is 18.2 Å². The molecule has 2 aromatic carbocycles. The van der Waals surface area contributed by atoms with Gasteiger partial charge in [-0.25, -0.2) is 9.07 Å². The highest BCUT2D eigenvalue weighted by Gasteiger charge is 2.20. The molecule has 2 aromatic heterocycles. The summed E-state index contributed by atoms with van der Waals surface area (Å²) in [5.41, 5.74) is 1.10. The number of nitrogens with one attached hydrogen (secondary N) is 1. The predicted molar refractivity (Wildman–Crippen MR) is 102 cm³/mol. The van der Waals surface area contributed by atoms with Crippen LogP contribution < -0.4 is 5.32 Å². The van der Waals surface area contributed by atoms with Gasteiger partial charge in [0.15, 0.2) is 5.76 Å². The van der Waals surface area contributed by atoms with Gasteiger partial charge in [0.2, 0.25) is 0 Å². The average Bonchev–Trinajstić information content (AvgIpc) is 3.39. The van der Waals surface area contributed by atoms with Crippen molar-refractivity contribution in [2.45, 2.75) is 0 Å². The minimum atomic E-state index is -0.529. The summed E-state index contributed by atoms with van der Waals surface area (Å²) in [7, 11) is 0. The van der Waals surface area contributed by atoms with E-state index < -0.39 is 16.6 Å². The number of non-ortho nitro benzene ring substituents is 1. The van der Waals surface area contributed by atoms with E-state index in [-0.39, 0.29) is 11.4 Å². The number of benzene rings is 2. The van der Waals surface area contributed by atoms with Crippen LogP contribution in [-0.2, 0) is 0 Å². The number of rotatable bonds is 5. The van der Waals surface area contributed by atoms with Gasteiger partial charge < -0.3 is 9.73 Å². The maximum absolute atomic E-state index is 13.1. The third-order valence-corrected chi connectivity index (χ3v) is 4.10. The number of amides is 1. The largest absolute Gasteiger partial charge is 0.463 e. The molecule has 144 valence electrons. The molecule has 0 radical (unpaired) electrons. The number of aromatic nitrogens is 2. The van der Waals surface area contributed by atoms with Crippen LogP contribution in [0.4, 0.5) is 15.8 Å². The second-order valence-electron chi connectivity index (χ2n) is 6.04. The van der Waals surface area contributed by atoms with E-state index >= 15 is 0 Å². The second kappa shape index (κ2) is 7.39. The minimum Gasteiger partial charge on any atom is -0.463 e. The summed E-state index contributed by atoms with van der Waals surface area (Å²) in [6.07, 6.45) is 1.47. The molecule has 0 saturated carbocycles. The Labute approximate surface area is 163 Å². The Hall–Kier alpha value is -4.27. The molecule has 0 bridgehead atoms. The molecule has 0 aliphatic carbocycles. The Balaban J connectivity index is 1.77. The highest BCUT2D eigenvalue weighted by Crippen LogP contribution is 2.24. The molecule has 0 fully saturated rings. The third-order valence-electron chi connectivity index (χ3n) is 4.10. The number of halogens is 1. The van der Waals surface area contributed by atoms with Gasteiger partial charge in [-0.2, -0.15) is 5.10 Å². The number of hydrogen-bond donors (Lipinski definition) is 1. The Morgan fingerprint density at radius 1 is 1.10 bits per heavy atom. The molecule has 0 aliphatic rings. The van der Waals surface area contributed by atoms with E-state index in [2.05, 4.69) is 10.4 Å². The fourth-order valence-electron chi connectivity index (χ4n) is 2.75. The van der Waals surface area contributed by atoms with Crippen LogP contribution in [0.1, 0.15) is 10.5 Å². The van der Waals surface area contributed by atoms with Crippen molar-refractivity contribution >= 4 is 17.3 Å². The van der Waals surface area contributed by atoms with Crippen molar-refractivity contribution in [2.75, 3.05) is 5.32 Å². The van der Waals surface area contributed by atoms with Crippen molar-refractivity contribution in [1.29, 1.82) is 0 Å². The number of nitro benzene ring substituents is 1. The van der Waals surface area contributed by atoms with Gasteiger partial charge in [0.25, 0.3) is 11.6 Å². The van der Waals surface area contributed by atoms with Crippen molar-refractivity contribution in [3.05, 3.63) is 94.6 Å². The van der Waals surface area contributed by atoms with Crippen LogP contribution in [0.25, 0.3) is 17.1 Å². The monoisotopic (exact) mass is 392 g/mol. The number of furan rings is 1. The normalized spacial score (nSPS) is 10.7. The summed E-state index contributed by atoms with van der Waals surface area (Å²) in [5.74, 6) is -0.511. The highest BCUT2D eigenvalue weighted by molar-refractivity contribution is 6.04. The summed E-state index contributed by atoms with van der Waals surface area (Å²) in [4.78, 5) is 23.5. The van der Waals surface area contributed by atoms with E-state index in [0.717, 1.165) is 0 Å². The van der Waals surface area contributed by atoms with E-state index in [4.69, 9.17) is 4.42 Å². The van der Waals surface area contributed by atoms with Gasteiger partial charge in [0, 0.05) is 23.9 Å². The molecule has 9 heteroatoms. The highest BCUT2D eigenvalue weighted by atomic mass is 19.1. The Morgan fingerprint density at radius 3 is 2.59 bits per heavy atom. The molecule has 0 atom stereocenters. The summed E-state index contributed by atoms with van der Waals surface area (Å²) >= 11 is 0. The lowest BCUT2D eigenvalue weighted by Crippen LogP contribution is -2.17. The zero-order chi connectivity index (χ0) is 20.4. The van der Waals surface area contributed by atoms with E-state index in [1.807, 2.05) is 0 Å². The van der Waals surface area contributed by atoms with Crippen LogP contribution >= 0.6 is 0 Å². The molecular formula is C20H13FN4O4. The first-order valence-corrected chi connectivity index (χ1v) is 8.47. The molecule has 29 heavy (non-hydrogen) atoms. The maximum Gasteiger partial charge on any atom is 0.274 e. The van der Waals surface area contributed by atoms with Crippen LogP contribution in [0.15, 0.2) is 77.4 Å². The molecule has 0 aliphatic heterocycles. The molecular weight excluding hydrogens is 379 g/mol. The SMILES string of the molecule is O=C(Nc1ccc(F)cc1)c1cc(-c2ccco2)nn1-c1cccc([N+](=O)[O-])c1. The molecule has 0 saturated heterocycles. The smallest absolute Gasteiger partial charge is 0.274 e. The van der Waals surface area contributed by atoms with Crippen LogP contribution in [0, 0.1) is 15.9 Å². The fraction of sp³-hybridized carbons (Fsp3) is 0. The molecule has 2 heterocycles. The van der Waals surface area contributed by atoms with Crippen molar-refractivity contribution < 1.29 is 18.5 Å². The van der Waals surface area contributed by atoms with Crippen molar-refractivity contribution in [1.82, 2.24) is 9.78 Å². The Morgan fingerprint density at radius 2 is 1.90 bits per heavy atom. The maximum atomic E-state index is 13.1. The van der Waals surface area contributed by atoms with Gasteiger partial charge in [-0.1, -0.05) is 6.07 Å². The lowest BCUT2D eigenvalue weighted by molar-refractivity contribution is -0.384. The number of carbonyl (C=O) groups excluding carboxylic acids is 1. The zero-order valence-corrected chi connectivity index (χ0v) is 14.8. The van der Waals surface area contributed by atoms with Crippen LogP contribution in [0.5, 0.6) is 0 Å². The van der Waals surface area contributed by atoms with Crippen LogP contribution in [0.3, 0.4) is 0 Å². The first kappa shape index (κ1) is 18.1. The molecule has 1 amide bonds. The van der Waals surface area contributed by atoms with Crippen molar-refractivity contribution in [3.8, 4) is 17.1 Å². The second-order valence-corrected chi connectivity index (χ2v) is 6.04. The van der Waals surface area contributed by atoms with Gasteiger partial charge in [0.1, 0.15) is 17.2 Å². The topological polar surface area (TPSA) is 103 Å². The Kier molecular flexibility index (Phi) is 4.62. The summed E-state index contributed by atoms with van der Waals surface area (Å²) in [6, 6.07) is 15.9. The molecule has 4 rings (SSSR count). The first-order valence-electron chi connectivity index (χ1n) is 8.47.